The number of piperazine rings is 1. The molecule has 0 aliphatic carbocycles. The number of thiophene rings is 1. The van der Waals surface area contributed by atoms with Gasteiger partial charge in [0.25, 0.3) is 5.56 Å². The van der Waals surface area contributed by atoms with Gasteiger partial charge >= 0.3 is 0 Å². The lowest BCUT2D eigenvalue weighted by atomic mass is 10.1. The molecule has 7 heteroatoms. The molecular weight excluding hydrogens is 392 g/mol. The molecule has 1 aromatic carbocycles. The van der Waals surface area contributed by atoms with Crippen LogP contribution in [0.3, 0.4) is 0 Å². The van der Waals surface area contributed by atoms with Gasteiger partial charge in [-0.2, -0.15) is 0 Å². The van der Waals surface area contributed by atoms with Crippen molar-refractivity contribution in [1.29, 1.82) is 0 Å². The smallest absolute Gasteiger partial charge is 0.260 e. The van der Waals surface area contributed by atoms with Crippen molar-refractivity contribution in [2.24, 2.45) is 0 Å². The minimum absolute atomic E-state index is 0.00156. The summed E-state index contributed by atoms with van der Waals surface area (Å²) in [7, 11) is 0. The number of nitrogens with one attached hydrogen (secondary N) is 3. The summed E-state index contributed by atoms with van der Waals surface area (Å²) >= 11 is 7.73. The van der Waals surface area contributed by atoms with Crippen LogP contribution >= 0.6 is 22.9 Å². The molecule has 5 nitrogen and oxygen atoms in total. The summed E-state index contributed by atoms with van der Waals surface area (Å²) in [6, 6.07) is 8.34. The molecule has 0 unspecified atom stereocenters. The summed E-state index contributed by atoms with van der Waals surface area (Å²) in [4.78, 5) is 25.6. The van der Waals surface area contributed by atoms with Crippen LogP contribution in [-0.4, -0.2) is 36.1 Å². The van der Waals surface area contributed by atoms with E-state index >= 15 is 0 Å². The van der Waals surface area contributed by atoms with Crippen molar-refractivity contribution in [3.63, 3.8) is 0 Å². The first kappa shape index (κ1) is 19.6. The molecule has 0 amide bonds. The maximum Gasteiger partial charge on any atom is 0.260 e. The number of halogens is 1. The number of rotatable bonds is 4. The molecule has 0 spiro atoms. The minimum atomic E-state index is -0.00156. The average Bonchev–Trinajstić information content (AvgIpc) is 2.96. The highest BCUT2D eigenvalue weighted by Gasteiger charge is 2.29. The van der Waals surface area contributed by atoms with E-state index < -0.39 is 0 Å². The summed E-state index contributed by atoms with van der Waals surface area (Å²) in [5.41, 5.74) is 2.34. The van der Waals surface area contributed by atoms with Crippen molar-refractivity contribution >= 4 is 33.2 Å². The van der Waals surface area contributed by atoms with E-state index in [1.165, 1.54) is 15.3 Å². The van der Waals surface area contributed by atoms with Gasteiger partial charge in [-0.05, 0) is 38.5 Å². The van der Waals surface area contributed by atoms with E-state index in [9.17, 15) is 4.79 Å². The number of hydrogen-bond donors (Lipinski definition) is 3. The summed E-state index contributed by atoms with van der Waals surface area (Å²) in [6.45, 7) is 11.6. The lowest BCUT2D eigenvalue weighted by molar-refractivity contribution is -1.03. The van der Waals surface area contributed by atoms with E-state index in [1.807, 2.05) is 19.1 Å². The maximum atomic E-state index is 12.6. The van der Waals surface area contributed by atoms with Crippen LogP contribution in [0.5, 0.6) is 0 Å². The van der Waals surface area contributed by atoms with Gasteiger partial charge in [-0.15, -0.1) is 11.3 Å². The normalized spacial score (nSPS) is 21.1. The third-order valence-electron chi connectivity index (χ3n) is 6.02. The van der Waals surface area contributed by atoms with Crippen molar-refractivity contribution in [2.45, 2.75) is 33.4 Å². The highest BCUT2D eigenvalue weighted by Crippen LogP contribution is 2.26. The van der Waals surface area contributed by atoms with Crippen molar-refractivity contribution < 1.29 is 9.80 Å². The van der Waals surface area contributed by atoms with Crippen molar-refractivity contribution in [3.05, 3.63) is 61.5 Å². The number of quaternary nitrogens is 2. The Morgan fingerprint density at radius 1 is 1.25 bits per heavy atom. The van der Waals surface area contributed by atoms with Gasteiger partial charge in [-0.25, -0.2) is 4.98 Å². The molecule has 4 rings (SSSR count). The van der Waals surface area contributed by atoms with Crippen LogP contribution < -0.4 is 15.4 Å². The topological polar surface area (TPSA) is 54.6 Å². The molecule has 0 saturated carbocycles. The third kappa shape index (κ3) is 3.87. The molecule has 1 saturated heterocycles. The van der Waals surface area contributed by atoms with Gasteiger partial charge in [0.15, 0.2) is 5.82 Å². The monoisotopic (exact) mass is 418 g/mol. The van der Waals surface area contributed by atoms with E-state index in [4.69, 9.17) is 16.6 Å². The van der Waals surface area contributed by atoms with E-state index in [-0.39, 0.29) is 11.6 Å². The summed E-state index contributed by atoms with van der Waals surface area (Å²) < 4.78 is 0. The zero-order valence-corrected chi connectivity index (χ0v) is 18.1. The van der Waals surface area contributed by atoms with Crippen molar-refractivity contribution in [1.82, 2.24) is 9.97 Å². The zero-order chi connectivity index (χ0) is 19.8. The Bertz CT molecular complexity index is 1050. The minimum Gasteiger partial charge on any atom is -0.322 e. The van der Waals surface area contributed by atoms with Gasteiger partial charge in [-0.1, -0.05) is 23.7 Å². The van der Waals surface area contributed by atoms with Crippen LogP contribution in [0.15, 0.2) is 29.1 Å². The summed E-state index contributed by atoms with van der Waals surface area (Å²) in [6.07, 6.45) is 0. The zero-order valence-electron chi connectivity index (χ0n) is 16.6. The Morgan fingerprint density at radius 3 is 2.71 bits per heavy atom. The number of aromatic nitrogens is 2. The summed E-state index contributed by atoms with van der Waals surface area (Å²) in [5, 5.41) is 1.56. The Hall–Kier alpha value is -1.73. The third-order valence-corrected chi connectivity index (χ3v) is 7.36. The number of benzene rings is 1. The second kappa shape index (κ2) is 7.95. The van der Waals surface area contributed by atoms with Gasteiger partial charge < -0.3 is 14.8 Å². The van der Waals surface area contributed by atoms with Gasteiger partial charge in [0, 0.05) is 15.5 Å². The van der Waals surface area contributed by atoms with Gasteiger partial charge in [-0.3, -0.25) is 4.79 Å². The molecule has 148 valence electrons. The molecule has 0 bridgehead atoms. The molecule has 1 atom stereocenters. The van der Waals surface area contributed by atoms with Crippen LogP contribution in [0.25, 0.3) is 10.2 Å². The van der Waals surface area contributed by atoms with Crippen LogP contribution in [0, 0.1) is 13.8 Å². The molecule has 2 aromatic heterocycles. The standard InChI is InChI=1S/C21H25ClN4OS/c1-13-15(3)28-21-18(13)20(27)23-19(24-21)14(2)26-9-7-25(8-10-26)12-16-5-4-6-17(22)11-16/h4-6,11,14H,7-10,12H2,1-3H3,(H,23,24,27)/p+2/t14-/m1/s1. The fourth-order valence-electron chi connectivity index (χ4n) is 4.14. The van der Waals surface area contributed by atoms with Crippen LogP contribution in [0.4, 0.5) is 0 Å². The molecule has 28 heavy (non-hydrogen) atoms. The lowest BCUT2D eigenvalue weighted by Gasteiger charge is -2.32. The quantitative estimate of drug-likeness (QED) is 0.598. The van der Waals surface area contributed by atoms with Crippen LogP contribution in [-0.2, 0) is 6.54 Å². The maximum absolute atomic E-state index is 12.6. The second-order valence-electron chi connectivity index (χ2n) is 7.85. The van der Waals surface area contributed by atoms with Gasteiger partial charge in [0.2, 0.25) is 0 Å². The SMILES string of the molecule is Cc1sc2nc([C@@H](C)[NH+]3CC[NH+](Cc4cccc(Cl)c4)CC3)[nH]c(=O)c2c1C. The highest BCUT2D eigenvalue weighted by molar-refractivity contribution is 7.18. The Labute approximate surface area is 174 Å². The molecule has 3 N–H and O–H groups in total. The van der Waals surface area contributed by atoms with Crippen LogP contribution in [0.1, 0.15) is 34.8 Å². The molecule has 1 aliphatic heterocycles. The van der Waals surface area contributed by atoms with Crippen molar-refractivity contribution in [3.8, 4) is 0 Å². The largest absolute Gasteiger partial charge is 0.322 e. The van der Waals surface area contributed by atoms with Gasteiger partial charge in [0.05, 0.1) is 5.39 Å². The second-order valence-corrected chi connectivity index (χ2v) is 9.49. The number of H-pyrrole nitrogens is 1. The highest BCUT2D eigenvalue weighted by atomic mass is 35.5. The Morgan fingerprint density at radius 2 is 2.00 bits per heavy atom. The van der Waals surface area contributed by atoms with E-state index in [1.54, 1.807) is 16.2 Å². The number of nitrogens with zero attached hydrogens (tertiary/aromatic N) is 1. The van der Waals surface area contributed by atoms with E-state index in [2.05, 4.69) is 31.0 Å². The molecule has 3 heterocycles. The number of fused-ring (bicyclic) bond motifs is 1. The van der Waals surface area contributed by atoms with Crippen molar-refractivity contribution in [2.75, 3.05) is 26.2 Å². The number of aryl methyl sites for hydroxylation is 2. The molecule has 1 fully saturated rings. The molecular formula is C21H27ClN4OS+2. The molecule has 0 radical (unpaired) electrons. The predicted octanol–water partition coefficient (Wildman–Crippen LogP) is 1.30. The molecule has 1 aliphatic rings. The van der Waals surface area contributed by atoms with E-state index in [0.717, 1.165) is 59.4 Å². The average molecular weight is 419 g/mol. The van der Waals surface area contributed by atoms with Crippen LogP contribution in [0.2, 0.25) is 5.02 Å². The molecule has 3 aromatic rings. The Balaban J connectivity index is 1.44. The first-order valence-electron chi connectivity index (χ1n) is 9.85. The predicted molar refractivity (Wildman–Crippen MR) is 115 cm³/mol. The van der Waals surface area contributed by atoms with Gasteiger partial charge in [0.1, 0.15) is 43.6 Å². The van der Waals surface area contributed by atoms with E-state index in [0.29, 0.717) is 0 Å². The summed E-state index contributed by atoms with van der Waals surface area (Å²) in [5.74, 6) is 0.812. The number of hydrogen-bond acceptors (Lipinski definition) is 3. The first-order chi connectivity index (χ1) is 13.4. The Kier molecular flexibility index (Phi) is 5.56. The fraction of sp³-hybridized carbons (Fsp3) is 0.429. The fourth-order valence-corrected chi connectivity index (χ4v) is 5.39. The lowest BCUT2D eigenvalue weighted by Crippen LogP contribution is -3.27. The number of aromatic amines is 1. The first-order valence-corrected chi connectivity index (χ1v) is 11.0.